The van der Waals surface area contributed by atoms with E-state index in [4.69, 9.17) is 5.73 Å². The van der Waals surface area contributed by atoms with E-state index < -0.39 is 0 Å². The Balaban J connectivity index is 2.39. The third-order valence-corrected chi connectivity index (χ3v) is 2.82. The molecule has 88 valence electrons. The average Bonchev–Trinajstić information content (AvgIpc) is 2.17. The monoisotopic (exact) mass is 214 g/mol. The smallest absolute Gasteiger partial charge is 0.239 e. The lowest BCUT2D eigenvalue weighted by atomic mass is 10.0. The first-order chi connectivity index (χ1) is 7.00. The minimum absolute atomic E-state index is 0.0376. The number of hydrogen-bond acceptors (Lipinski definition) is 3. The van der Waals surface area contributed by atoms with E-state index >= 15 is 0 Å². The van der Waals surface area contributed by atoms with Crippen molar-refractivity contribution in [3.63, 3.8) is 0 Å². The minimum atomic E-state index is -0.375. The quantitative estimate of drug-likeness (QED) is 0.712. The number of rotatable bonds is 3. The molecular formula is C11H22N2O2. The van der Waals surface area contributed by atoms with Crippen molar-refractivity contribution in [3.05, 3.63) is 0 Å². The van der Waals surface area contributed by atoms with Crippen LogP contribution >= 0.6 is 0 Å². The molecule has 1 unspecified atom stereocenters. The van der Waals surface area contributed by atoms with Crippen molar-refractivity contribution in [1.29, 1.82) is 0 Å². The molecule has 0 spiro atoms. The first-order valence-electron chi connectivity index (χ1n) is 5.73. The Morgan fingerprint density at radius 2 is 2.00 bits per heavy atom. The van der Waals surface area contributed by atoms with Gasteiger partial charge in [0.25, 0.3) is 0 Å². The summed E-state index contributed by atoms with van der Waals surface area (Å²) in [6.07, 6.45) is 1.86. The van der Waals surface area contributed by atoms with E-state index in [0.29, 0.717) is 31.8 Å². The van der Waals surface area contributed by atoms with Crippen molar-refractivity contribution < 1.29 is 9.90 Å². The van der Waals surface area contributed by atoms with Gasteiger partial charge in [0, 0.05) is 13.1 Å². The van der Waals surface area contributed by atoms with Crippen molar-refractivity contribution in [3.8, 4) is 0 Å². The molecule has 1 atom stereocenters. The van der Waals surface area contributed by atoms with Crippen LogP contribution in [0, 0.1) is 5.92 Å². The lowest BCUT2D eigenvalue weighted by Gasteiger charge is -2.31. The highest BCUT2D eigenvalue weighted by molar-refractivity contribution is 5.81. The summed E-state index contributed by atoms with van der Waals surface area (Å²) in [5.74, 6) is 0.481. The fraction of sp³-hybridized carbons (Fsp3) is 0.909. The maximum absolute atomic E-state index is 11.9. The fourth-order valence-corrected chi connectivity index (χ4v) is 1.93. The van der Waals surface area contributed by atoms with Crippen LogP contribution in [0.3, 0.4) is 0 Å². The van der Waals surface area contributed by atoms with Crippen LogP contribution in [0.5, 0.6) is 0 Å². The summed E-state index contributed by atoms with van der Waals surface area (Å²) >= 11 is 0. The standard InChI is InChI=1S/C11H22N2O2/c1-8(2)7-10(12)11(15)13-5-3-9(14)4-6-13/h8-10,14H,3-7,12H2,1-2H3. The van der Waals surface area contributed by atoms with E-state index in [-0.39, 0.29) is 18.1 Å². The molecular weight excluding hydrogens is 192 g/mol. The molecule has 0 radical (unpaired) electrons. The fourth-order valence-electron chi connectivity index (χ4n) is 1.93. The lowest BCUT2D eigenvalue weighted by Crippen LogP contribution is -2.48. The SMILES string of the molecule is CC(C)CC(N)C(=O)N1CCC(O)CC1. The summed E-state index contributed by atoms with van der Waals surface area (Å²) in [6, 6.07) is -0.375. The Kier molecular flexibility index (Phi) is 4.54. The number of nitrogens with two attached hydrogens (primary N) is 1. The van der Waals surface area contributed by atoms with Gasteiger partial charge in [-0.1, -0.05) is 13.8 Å². The van der Waals surface area contributed by atoms with Gasteiger partial charge < -0.3 is 15.7 Å². The van der Waals surface area contributed by atoms with Gasteiger partial charge in [-0.2, -0.15) is 0 Å². The summed E-state index contributed by atoms with van der Waals surface area (Å²) in [4.78, 5) is 13.6. The summed E-state index contributed by atoms with van der Waals surface area (Å²) in [7, 11) is 0. The van der Waals surface area contributed by atoms with Gasteiger partial charge in [-0.15, -0.1) is 0 Å². The second-order valence-electron chi connectivity index (χ2n) is 4.79. The topological polar surface area (TPSA) is 66.6 Å². The number of carbonyl (C=O) groups excluding carboxylic acids is 1. The number of carbonyl (C=O) groups is 1. The lowest BCUT2D eigenvalue weighted by molar-refractivity contribution is -0.134. The zero-order valence-corrected chi connectivity index (χ0v) is 9.65. The predicted octanol–water partition coefficient (Wildman–Crippen LogP) is 0.343. The zero-order chi connectivity index (χ0) is 11.4. The number of hydrogen-bond donors (Lipinski definition) is 2. The summed E-state index contributed by atoms with van der Waals surface area (Å²) in [5.41, 5.74) is 5.83. The van der Waals surface area contributed by atoms with Crippen LogP contribution in [0.4, 0.5) is 0 Å². The van der Waals surface area contributed by atoms with Gasteiger partial charge in [0.15, 0.2) is 0 Å². The van der Waals surface area contributed by atoms with E-state index in [9.17, 15) is 9.90 Å². The second-order valence-corrected chi connectivity index (χ2v) is 4.79. The van der Waals surface area contributed by atoms with Gasteiger partial charge in [0.05, 0.1) is 12.1 Å². The Hall–Kier alpha value is -0.610. The molecule has 0 aliphatic carbocycles. The van der Waals surface area contributed by atoms with E-state index in [0.717, 1.165) is 6.42 Å². The van der Waals surface area contributed by atoms with Crippen molar-refractivity contribution >= 4 is 5.91 Å². The Bertz CT molecular complexity index is 211. The molecule has 1 aliphatic heterocycles. The molecule has 0 aromatic heterocycles. The van der Waals surface area contributed by atoms with Crippen LogP contribution in [0.25, 0.3) is 0 Å². The third-order valence-electron chi connectivity index (χ3n) is 2.82. The van der Waals surface area contributed by atoms with Gasteiger partial charge >= 0.3 is 0 Å². The molecule has 0 aromatic carbocycles. The molecule has 3 N–H and O–H groups in total. The maximum atomic E-state index is 11.9. The largest absolute Gasteiger partial charge is 0.393 e. The molecule has 0 bridgehead atoms. The highest BCUT2D eigenvalue weighted by Gasteiger charge is 2.25. The summed E-state index contributed by atoms with van der Waals surface area (Å²) < 4.78 is 0. The summed E-state index contributed by atoms with van der Waals surface area (Å²) in [6.45, 7) is 5.41. The van der Waals surface area contributed by atoms with Gasteiger partial charge in [-0.25, -0.2) is 0 Å². The number of amides is 1. The predicted molar refractivity (Wildman–Crippen MR) is 59.3 cm³/mol. The first kappa shape index (κ1) is 12.5. The molecule has 15 heavy (non-hydrogen) atoms. The number of nitrogens with zero attached hydrogens (tertiary/aromatic N) is 1. The van der Waals surface area contributed by atoms with Crippen molar-refractivity contribution in [1.82, 2.24) is 4.90 Å². The molecule has 1 heterocycles. The van der Waals surface area contributed by atoms with E-state index in [1.165, 1.54) is 0 Å². The molecule has 1 rings (SSSR count). The minimum Gasteiger partial charge on any atom is -0.393 e. The molecule has 1 amide bonds. The molecule has 1 fully saturated rings. The van der Waals surface area contributed by atoms with Gasteiger partial charge in [-0.05, 0) is 25.2 Å². The Morgan fingerprint density at radius 1 is 1.47 bits per heavy atom. The van der Waals surface area contributed by atoms with Crippen LogP contribution < -0.4 is 5.73 Å². The Morgan fingerprint density at radius 3 is 2.47 bits per heavy atom. The highest BCUT2D eigenvalue weighted by Crippen LogP contribution is 2.13. The van der Waals surface area contributed by atoms with Crippen LogP contribution in [-0.4, -0.2) is 41.1 Å². The molecule has 1 aliphatic rings. The molecule has 0 saturated carbocycles. The van der Waals surface area contributed by atoms with E-state index in [1.807, 2.05) is 0 Å². The average molecular weight is 214 g/mol. The first-order valence-corrected chi connectivity index (χ1v) is 5.73. The van der Waals surface area contributed by atoms with Crippen LogP contribution in [0.1, 0.15) is 33.1 Å². The van der Waals surface area contributed by atoms with Gasteiger partial charge in [0.1, 0.15) is 0 Å². The van der Waals surface area contributed by atoms with Crippen LogP contribution in [0.2, 0.25) is 0 Å². The van der Waals surface area contributed by atoms with Gasteiger partial charge in [-0.3, -0.25) is 4.79 Å². The van der Waals surface area contributed by atoms with Gasteiger partial charge in [0.2, 0.25) is 5.91 Å². The van der Waals surface area contributed by atoms with Crippen LogP contribution in [-0.2, 0) is 4.79 Å². The normalized spacial score (nSPS) is 20.7. The number of piperidine rings is 1. The zero-order valence-electron chi connectivity index (χ0n) is 9.65. The number of aliphatic hydroxyl groups excluding tert-OH is 1. The van der Waals surface area contributed by atoms with Crippen LogP contribution in [0.15, 0.2) is 0 Å². The van der Waals surface area contributed by atoms with E-state index in [1.54, 1.807) is 4.90 Å². The van der Waals surface area contributed by atoms with Crippen molar-refractivity contribution in [2.45, 2.75) is 45.3 Å². The summed E-state index contributed by atoms with van der Waals surface area (Å²) in [5, 5.41) is 9.32. The molecule has 4 nitrogen and oxygen atoms in total. The number of aliphatic hydroxyl groups is 1. The third kappa shape index (κ3) is 3.80. The highest BCUT2D eigenvalue weighted by atomic mass is 16.3. The molecule has 4 heteroatoms. The van der Waals surface area contributed by atoms with Crippen molar-refractivity contribution in [2.75, 3.05) is 13.1 Å². The maximum Gasteiger partial charge on any atom is 0.239 e. The Labute approximate surface area is 91.4 Å². The second kappa shape index (κ2) is 5.47. The molecule has 0 aromatic rings. The molecule has 1 saturated heterocycles. The van der Waals surface area contributed by atoms with E-state index in [2.05, 4.69) is 13.8 Å². The van der Waals surface area contributed by atoms with Crippen molar-refractivity contribution in [2.24, 2.45) is 11.7 Å². The number of likely N-dealkylation sites (tertiary alicyclic amines) is 1.